The van der Waals surface area contributed by atoms with Crippen LogP contribution in [-0.4, -0.2) is 30.0 Å². The fourth-order valence-electron chi connectivity index (χ4n) is 6.71. The first kappa shape index (κ1) is 27.4. The highest BCUT2D eigenvalue weighted by atomic mass is 16.5. The van der Waals surface area contributed by atoms with Gasteiger partial charge in [0.2, 0.25) is 0 Å². The van der Waals surface area contributed by atoms with Gasteiger partial charge in [-0.2, -0.15) is 0 Å². The predicted molar refractivity (Wildman–Crippen MR) is 145 cm³/mol. The van der Waals surface area contributed by atoms with Crippen molar-refractivity contribution in [1.29, 1.82) is 0 Å². The Morgan fingerprint density at radius 3 is 2.65 bits per heavy atom. The van der Waals surface area contributed by atoms with Crippen LogP contribution < -0.4 is 5.73 Å². The van der Waals surface area contributed by atoms with Gasteiger partial charge in [0.05, 0.1) is 11.7 Å². The quantitative estimate of drug-likeness (QED) is 0.279. The van der Waals surface area contributed by atoms with Gasteiger partial charge in [-0.1, -0.05) is 62.8 Å². The summed E-state index contributed by atoms with van der Waals surface area (Å²) in [5, 5.41) is 10.3. The largest absolute Gasteiger partial charge is 0.390 e. The monoisotopic (exact) mass is 469 g/mol. The van der Waals surface area contributed by atoms with Crippen molar-refractivity contribution in [2.45, 2.75) is 104 Å². The van der Waals surface area contributed by atoms with E-state index in [-0.39, 0.29) is 5.92 Å². The van der Waals surface area contributed by atoms with Crippen LogP contribution in [0.1, 0.15) is 92.4 Å². The molecule has 0 bridgehead atoms. The lowest BCUT2D eigenvalue weighted by Crippen LogP contribution is -2.35. The van der Waals surface area contributed by atoms with E-state index in [1.54, 1.807) is 5.57 Å². The minimum Gasteiger partial charge on any atom is -0.390 e. The highest BCUT2D eigenvalue weighted by Gasteiger charge is 2.50. The summed E-state index contributed by atoms with van der Waals surface area (Å²) in [5.74, 6) is 2.12. The Kier molecular flexibility index (Phi) is 9.45. The number of hydrogen-bond acceptors (Lipinski definition) is 3. The molecule has 3 nitrogen and oxygen atoms in total. The van der Waals surface area contributed by atoms with Crippen molar-refractivity contribution in [3.63, 3.8) is 0 Å². The van der Waals surface area contributed by atoms with Crippen LogP contribution in [0, 0.1) is 29.1 Å². The van der Waals surface area contributed by atoms with E-state index in [1.165, 1.54) is 43.3 Å². The molecule has 34 heavy (non-hydrogen) atoms. The van der Waals surface area contributed by atoms with Gasteiger partial charge in [0, 0.05) is 12.5 Å². The molecule has 0 aromatic rings. The fourth-order valence-corrected chi connectivity index (χ4v) is 6.71. The van der Waals surface area contributed by atoms with Gasteiger partial charge < -0.3 is 15.6 Å². The van der Waals surface area contributed by atoms with Crippen molar-refractivity contribution in [3.05, 3.63) is 47.6 Å². The number of hydrogen-bond donors (Lipinski definition) is 2. The van der Waals surface area contributed by atoms with Crippen LogP contribution in [-0.2, 0) is 4.74 Å². The fraction of sp³-hybridized carbons (Fsp3) is 0.742. The van der Waals surface area contributed by atoms with Crippen LogP contribution in [0.3, 0.4) is 0 Å². The lowest BCUT2D eigenvalue weighted by atomic mass is 9.61. The van der Waals surface area contributed by atoms with Gasteiger partial charge >= 0.3 is 0 Å². The minimum atomic E-state index is -0.663. The molecule has 3 fully saturated rings. The molecule has 3 heteroatoms. The van der Waals surface area contributed by atoms with Gasteiger partial charge in [-0.15, -0.1) is 0 Å². The van der Waals surface area contributed by atoms with E-state index >= 15 is 0 Å². The van der Waals surface area contributed by atoms with Crippen molar-refractivity contribution < 1.29 is 9.84 Å². The zero-order chi connectivity index (χ0) is 24.9. The Balaban J connectivity index is 1.70. The van der Waals surface area contributed by atoms with Crippen LogP contribution in [0.5, 0.6) is 0 Å². The molecule has 3 saturated carbocycles. The predicted octanol–water partition coefficient (Wildman–Crippen LogP) is 7.13. The smallest absolute Gasteiger partial charge is 0.0651 e. The van der Waals surface area contributed by atoms with Gasteiger partial charge in [0.25, 0.3) is 0 Å². The van der Waals surface area contributed by atoms with Gasteiger partial charge in [-0.3, -0.25) is 0 Å². The van der Waals surface area contributed by atoms with E-state index in [4.69, 9.17) is 10.5 Å². The first-order valence-corrected chi connectivity index (χ1v) is 13.9. The molecule has 3 N–H and O–H groups in total. The number of rotatable bonds is 9. The molecule has 192 valence electrons. The second-order valence-corrected chi connectivity index (χ2v) is 12.2. The lowest BCUT2D eigenvalue weighted by molar-refractivity contribution is 0.0433. The summed E-state index contributed by atoms with van der Waals surface area (Å²) in [7, 11) is 0. The maximum Gasteiger partial charge on any atom is 0.0651 e. The Labute approximate surface area is 209 Å². The third-order valence-corrected chi connectivity index (χ3v) is 9.36. The zero-order valence-electron chi connectivity index (χ0n) is 22.6. The minimum absolute atomic E-state index is 0.167. The van der Waals surface area contributed by atoms with E-state index in [0.29, 0.717) is 35.8 Å². The third-order valence-electron chi connectivity index (χ3n) is 9.36. The summed E-state index contributed by atoms with van der Waals surface area (Å²) >= 11 is 0. The van der Waals surface area contributed by atoms with Gasteiger partial charge in [-0.25, -0.2) is 0 Å². The Hall–Kier alpha value is -1.16. The van der Waals surface area contributed by atoms with Crippen molar-refractivity contribution in [1.82, 2.24) is 0 Å². The average Bonchev–Trinajstić information content (AvgIpc) is 3.14. The molecule has 0 aromatic carbocycles. The van der Waals surface area contributed by atoms with E-state index < -0.39 is 5.60 Å². The van der Waals surface area contributed by atoms with Crippen molar-refractivity contribution in [2.75, 3.05) is 13.2 Å². The van der Waals surface area contributed by atoms with Crippen LogP contribution in [0.25, 0.3) is 0 Å². The Morgan fingerprint density at radius 2 is 1.94 bits per heavy atom. The maximum atomic E-state index is 10.3. The van der Waals surface area contributed by atoms with E-state index in [1.807, 2.05) is 13.8 Å². The third kappa shape index (κ3) is 6.53. The molecule has 6 atom stereocenters. The summed E-state index contributed by atoms with van der Waals surface area (Å²) in [6.07, 6.45) is 20.3. The molecule has 0 spiro atoms. The summed E-state index contributed by atoms with van der Waals surface area (Å²) < 4.78 is 6.08. The van der Waals surface area contributed by atoms with Crippen molar-refractivity contribution >= 4 is 0 Å². The standard InChI is InChI=1S/C31H51NO2/c1-22-11-15-27(34-20-8-19-32)21-26(22)14-13-25-9-7-18-31(6)28(16-17-29(25)31)23(2)10-12-24(3)30(4,5)33/h10,12-14,23-24,27-29,33H,1,7-9,11,15-21,32H2,2-6H3/b12-10+,25-13-,26-14-/t23-,24+,27+,28-,29+,31-/m1/s1. The van der Waals surface area contributed by atoms with Crippen LogP contribution in [0.15, 0.2) is 47.6 Å². The Bertz CT molecular complexity index is 786. The van der Waals surface area contributed by atoms with Crippen molar-refractivity contribution in [3.8, 4) is 0 Å². The number of aliphatic hydroxyl groups is 1. The molecular weight excluding hydrogens is 418 g/mol. The zero-order valence-corrected chi connectivity index (χ0v) is 22.6. The molecule has 3 aliphatic carbocycles. The molecule has 3 aliphatic rings. The van der Waals surface area contributed by atoms with Gasteiger partial charge in [0.15, 0.2) is 0 Å². The van der Waals surface area contributed by atoms with E-state index in [2.05, 4.69) is 51.7 Å². The van der Waals surface area contributed by atoms with Gasteiger partial charge in [-0.05, 0) is 107 Å². The number of allylic oxidation sites excluding steroid dienone is 5. The average molecular weight is 470 g/mol. The molecule has 0 heterocycles. The molecule has 0 aromatic heterocycles. The second kappa shape index (κ2) is 11.7. The molecule has 0 aliphatic heterocycles. The number of fused-ring (bicyclic) bond motifs is 1. The van der Waals surface area contributed by atoms with Crippen LogP contribution >= 0.6 is 0 Å². The summed E-state index contributed by atoms with van der Waals surface area (Å²) in [6.45, 7) is 16.7. The molecule has 0 amide bonds. The second-order valence-electron chi connectivity index (χ2n) is 12.2. The molecule has 3 rings (SSSR count). The number of ether oxygens (including phenoxy) is 1. The van der Waals surface area contributed by atoms with Gasteiger partial charge in [0.1, 0.15) is 0 Å². The molecular formula is C31H51NO2. The number of nitrogens with two attached hydrogens (primary N) is 1. The van der Waals surface area contributed by atoms with E-state index in [9.17, 15) is 5.11 Å². The highest BCUT2D eigenvalue weighted by molar-refractivity contribution is 5.36. The van der Waals surface area contributed by atoms with Crippen LogP contribution in [0.4, 0.5) is 0 Å². The molecule has 0 radical (unpaired) electrons. The SMILES string of the molecule is C=C1CC[C@H](OCCCN)C/C1=C/C=C1/CCC[C@]2(C)[C@@H]([C@H](C)/C=C/[C@H](C)C(C)(C)O)CC[C@@H]12. The first-order valence-electron chi connectivity index (χ1n) is 13.9. The van der Waals surface area contributed by atoms with E-state index in [0.717, 1.165) is 32.3 Å². The summed E-state index contributed by atoms with van der Waals surface area (Å²) in [6, 6.07) is 0. The maximum absolute atomic E-state index is 10.3. The normalized spacial score (nSPS) is 34.7. The Morgan fingerprint density at radius 1 is 1.18 bits per heavy atom. The molecule has 0 unspecified atom stereocenters. The topological polar surface area (TPSA) is 55.5 Å². The highest BCUT2D eigenvalue weighted by Crippen LogP contribution is 2.59. The first-order chi connectivity index (χ1) is 16.1. The van der Waals surface area contributed by atoms with Crippen LogP contribution in [0.2, 0.25) is 0 Å². The summed E-state index contributed by atoms with van der Waals surface area (Å²) in [5.41, 5.74) is 9.67. The summed E-state index contributed by atoms with van der Waals surface area (Å²) in [4.78, 5) is 0. The van der Waals surface area contributed by atoms with Crippen molar-refractivity contribution in [2.24, 2.45) is 34.8 Å². The molecule has 0 saturated heterocycles. The lowest BCUT2D eigenvalue weighted by Gasteiger charge is -2.44.